The van der Waals surface area contributed by atoms with Gasteiger partial charge in [0.25, 0.3) is 0 Å². The molecule has 0 spiro atoms. The number of rotatable bonds is 4. The number of nitrogens with one attached hydrogen (secondary N) is 1. The topological polar surface area (TPSA) is 84.8 Å². The zero-order chi connectivity index (χ0) is 23.8. The molecule has 9 heteroatoms. The van der Waals surface area contributed by atoms with Gasteiger partial charge in [-0.25, -0.2) is 4.79 Å². The van der Waals surface area contributed by atoms with Crippen molar-refractivity contribution in [2.75, 3.05) is 43.7 Å². The van der Waals surface area contributed by atoms with Gasteiger partial charge in [-0.1, -0.05) is 0 Å². The molecule has 1 N–H and O–H groups in total. The van der Waals surface area contributed by atoms with Gasteiger partial charge >= 0.3 is 6.09 Å². The molecule has 2 aromatic heterocycles. The summed E-state index contributed by atoms with van der Waals surface area (Å²) in [5.41, 5.74) is 4.33. The zero-order valence-corrected chi connectivity index (χ0v) is 20.6. The predicted molar refractivity (Wildman–Crippen MR) is 128 cm³/mol. The fraction of sp³-hybridized carbons (Fsp3) is 0.625. The van der Waals surface area contributed by atoms with E-state index in [0.717, 1.165) is 62.8 Å². The van der Waals surface area contributed by atoms with Crippen LogP contribution in [0.15, 0.2) is 12.3 Å². The van der Waals surface area contributed by atoms with E-state index >= 15 is 0 Å². The van der Waals surface area contributed by atoms with Crippen LogP contribution in [-0.4, -0.2) is 60.3 Å². The van der Waals surface area contributed by atoms with Crippen molar-refractivity contribution in [3.63, 3.8) is 0 Å². The first-order chi connectivity index (χ1) is 15.7. The molecule has 0 radical (unpaired) electrons. The number of hydrogen-bond donors (Lipinski definition) is 1. The molecule has 0 bridgehead atoms. The van der Waals surface area contributed by atoms with Gasteiger partial charge in [0.15, 0.2) is 5.82 Å². The van der Waals surface area contributed by atoms with Gasteiger partial charge in [-0.3, -0.25) is 14.6 Å². The third-order valence-electron chi connectivity index (χ3n) is 6.25. The Morgan fingerprint density at radius 2 is 2.00 bits per heavy atom. The van der Waals surface area contributed by atoms with Gasteiger partial charge in [-0.05, 0) is 46.6 Å². The van der Waals surface area contributed by atoms with Crippen LogP contribution in [0.4, 0.5) is 22.0 Å². The maximum atomic E-state index is 12.7. The molecule has 2 aromatic rings. The second-order valence-electron chi connectivity index (χ2n) is 9.86. The lowest BCUT2D eigenvalue weighted by molar-refractivity contribution is 0.0589. The van der Waals surface area contributed by atoms with Crippen molar-refractivity contribution >= 4 is 23.3 Å². The SMILES string of the molecule is Cc1ncc(N(C)c2nn(C3CCOCC3)c3c2CNCC3)cc1N(C)C(=O)OC(C)(C)C. The molecule has 9 nitrogen and oxygen atoms in total. The first-order valence-corrected chi connectivity index (χ1v) is 11.7. The number of hydrogen-bond acceptors (Lipinski definition) is 7. The standard InChI is InChI=1S/C24H36N6O3/c1-16-21(29(6)23(31)33-24(2,3)4)13-18(14-26-16)28(5)22-19-15-25-10-7-20(19)30(27-22)17-8-11-32-12-9-17/h13-14,17,25H,7-12,15H2,1-6H3. The molecule has 0 atom stereocenters. The van der Waals surface area contributed by atoms with Crippen molar-refractivity contribution in [3.8, 4) is 0 Å². The van der Waals surface area contributed by atoms with Crippen LogP contribution in [0.25, 0.3) is 0 Å². The molecule has 2 aliphatic rings. The number of carbonyl (C=O) groups excluding carboxylic acids is 1. The molecule has 0 saturated carbocycles. The summed E-state index contributed by atoms with van der Waals surface area (Å²) in [6.45, 7) is 10.8. The fourth-order valence-electron chi connectivity index (χ4n) is 4.44. The summed E-state index contributed by atoms with van der Waals surface area (Å²) in [6, 6.07) is 2.35. The second-order valence-corrected chi connectivity index (χ2v) is 9.86. The summed E-state index contributed by atoms with van der Waals surface area (Å²) in [6.07, 6.45) is 4.37. The minimum Gasteiger partial charge on any atom is -0.443 e. The van der Waals surface area contributed by atoms with Gasteiger partial charge in [0.2, 0.25) is 0 Å². The first-order valence-electron chi connectivity index (χ1n) is 11.7. The van der Waals surface area contributed by atoms with Crippen molar-refractivity contribution in [1.82, 2.24) is 20.1 Å². The number of pyridine rings is 1. The van der Waals surface area contributed by atoms with Crippen LogP contribution in [0.1, 0.15) is 56.6 Å². The largest absolute Gasteiger partial charge is 0.443 e. The molecule has 33 heavy (non-hydrogen) atoms. The van der Waals surface area contributed by atoms with Crippen molar-refractivity contribution in [2.45, 2.75) is 65.1 Å². The zero-order valence-electron chi connectivity index (χ0n) is 20.6. The third-order valence-corrected chi connectivity index (χ3v) is 6.25. The molecular weight excluding hydrogens is 420 g/mol. The molecule has 4 rings (SSSR count). The Labute approximate surface area is 196 Å². The van der Waals surface area contributed by atoms with Crippen LogP contribution in [0.2, 0.25) is 0 Å². The lowest BCUT2D eigenvalue weighted by Gasteiger charge is -2.26. The van der Waals surface area contributed by atoms with Gasteiger partial charge < -0.3 is 19.7 Å². The average Bonchev–Trinajstić information content (AvgIpc) is 3.18. The summed E-state index contributed by atoms with van der Waals surface area (Å²) in [5.74, 6) is 0.931. The summed E-state index contributed by atoms with van der Waals surface area (Å²) in [7, 11) is 3.72. The van der Waals surface area contributed by atoms with E-state index in [2.05, 4.69) is 19.9 Å². The van der Waals surface area contributed by atoms with Crippen molar-refractivity contribution in [1.29, 1.82) is 0 Å². The van der Waals surface area contributed by atoms with E-state index in [1.807, 2.05) is 47.0 Å². The Balaban J connectivity index is 1.66. The Morgan fingerprint density at radius 3 is 2.70 bits per heavy atom. The Kier molecular flexibility index (Phi) is 6.63. The Bertz CT molecular complexity index is 1010. The van der Waals surface area contributed by atoms with E-state index < -0.39 is 11.7 Å². The van der Waals surface area contributed by atoms with Crippen LogP contribution < -0.4 is 15.1 Å². The maximum absolute atomic E-state index is 12.7. The lowest BCUT2D eigenvalue weighted by atomic mass is 10.1. The van der Waals surface area contributed by atoms with Crippen LogP contribution in [0, 0.1) is 6.92 Å². The highest BCUT2D eigenvalue weighted by Gasteiger charge is 2.29. The average molecular weight is 457 g/mol. The first kappa shape index (κ1) is 23.5. The fourth-order valence-corrected chi connectivity index (χ4v) is 4.44. The Hall–Kier alpha value is -2.65. The number of aromatic nitrogens is 3. The maximum Gasteiger partial charge on any atom is 0.414 e. The van der Waals surface area contributed by atoms with E-state index in [1.165, 1.54) is 16.2 Å². The number of amides is 1. The second kappa shape index (κ2) is 9.30. The van der Waals surface area contributed by atoms with Crippen LogP contribution in [-0.2, 0) is 22.4 Å². The van der Waals surface area contributed by atoms with Crippen LogP contribution in [0.5, 0.6) is 0 Å². The highest BCUT2D eigenvalue weighted by atomic mass is 16.6. The lowest BCUT2D eigenvalue weighted by Crippen LogP contribution is -2.34. The van der Waals surface area contributed by atoms with Gasteiger partial charge in [-0.2, -0.15) is 5.10 Å². The van der Waals surface area contributed by atoms with Crippen molar-refractivity contribution in [3.05, 3.63) is 29.2 Å². The molecule has 1 amide bonds. The number of nitrogens with zero attached hydrogens (tertiary/aromatic N) is 5. The quantitative estimate of drug-likeness (QED) is 0.750. The molecule has 1 fully saturated rings. The van der Waals surface area contributed by atoms with E-state index in [-0.39, 0.29) is 0 Å². The van der Waals surface area contributed by atoms with Crippen LogP contribution >= 0.6 is 0 Å². The number of aryl methyl sites for hydroxylation is 1. The summed E-state index contributed by atoms with van der Waals surface area (Å²) in [5, 5.41) is 8.58. The summed E-state index contributed by atoms with van der Waals surface area (Å²) in [4.78, 5) is 20.8. The van der Waals surface area contributed by atoms with Gasteiger partial charge in [0, 0.05) is 58.1 Å². The minimum absolute atomic E-state index is 0.373. The minimum atomic E-state index is -0.565. The molecule has 0 unspecified atom stereocenters. The Morgan fingerprint density at radius 1 is 1.27 bits per heavy atom. The number of fused-ring (bicyclic) bond motifs is 1. The number of carbonyl (C=O) groups is 1. The monoisotopic (exact) mass is 456 g/mol. The molecule has 0 aromatic carbocycles. The van der Waals surface area contributed by atoms with Gasteiger partial charge in [0.05, 0.1) is 29.3 Å². The molecule has 0 aliphatic carbocycles. The predicted octanol–water partition coefficient (Wildman–Crippen LogP) is 3.72. The number of ether oxygens (including phenoxy) is 2. The molecule has 1 saturated heterocycles. The molecule has 4 heterocycles. The summed E-state index contributed by atoms with van der Waals surface area (Å²) >= 11 is 0. The van der Waals surface area contributed by atoms with Crippen molar-refractivity contribution < 1.29 is 14.3 Å². The normalized spacial score (nSPS) is 16.9. The highest BCUT2D eigenvalue weighted by molar-refractivity contribution is 5.89. The van der Waals surface area contributed by atoms with E-state index in [9.17, 15) is 4.79 Å². The van der Waals surface area contributed by atoms with Crippen molar-refractivity contribution in [2.24, 2.45) is 0 Å². The van der Waals surface area contributed by atoms with Gasteiger partial charge in [0.1, 0.15) is 5.60 Å². The third kappa shape index (κ3) is 4.99. The van der Waals surface area contributed by atoms with Crippen LogP contribution in [0.3, 0.4) is 0 Å². The molecular formula is C24H36N6O3. The molecule has 180 valence electrons. The smallest absolute Gasteiger partial charge is 0.414 e. The summed E-state index contributed by atoms with van der Waals surface area (Å²) < 4.78 is 13.4. The molecule has 2 aliphatic heterocycles. The van der Waals surface area contributed by atoms with E-state index in [4.69, 9.17) is 14.6 Å². The highest BCUT2D eigenvalue weighted by Crippen LogP contribution is 2.35. The number of anilines is 3. The van der Waals surface area contributed by atoms with E-state index in [0.29, 0.717) is 11.7 Å². The van der Waals surface area contributed by atoms with Gasteiger partial charge in [-0.15, -0.1) is 0 Å². The van der Waals surface area contributed by atoms with E-state index in [1.54, 1.807) is 7.05 Å².